The van der Waals surface area contributed by atoms with Crippen molar-refractivity contribution in [1.82, 2.24) is 0 Å². The van der Waals surface area contributed by atoms with Gasteiger partial charge in [-0.05, 0) is 40.8 Å². The molecule has 0 aliphatic carbocycles. The molecule has 0 spiro atoms. The van der Waals surface area contributed by atoms with Gasteiger partial charge in [-0.3, -0.25) is 0 Å². The second-order valence-corrected chi connectivity index (χ2v) is 8.25. The summed E-state index contributed by atoms with van der Waals surface area (Å²) < 4.78 is 36.4. The van der Waals surface area contributed by atoms with Gasteiger partial charge < -0.3 is 4.74 Å². The molecular formula is C30H24F2O. The van der Waals surface area contributed by atoms with Crippen LogP contribution in [0.5, 0.6) is 0 Å². The van der Waals surface area contributed by atoms with Gasteiger partial charge in [-0.15, -0.1) is 0 Å². The van der Waals surface area contributed by atoms with Crippen LogP contribution in [0.25, 0.3) is 16.5 Å². The van der Waals surface area contributed by atoms with Gasteiger partial charge in [0.25, 0.3) is 0 Å². The lowest BCUT2D eigenvalue weighted by atomic mass is 9.84. The van der Waals surface area contributed by atoms with E-state index in [-0.39, 0.29) is 11.3 Å². The number of hydrogen-bond donors (Lipinski definition) is 0. The molecule has 0 N–H and O–H groups in total. The number of rotatable bonds is 5. The molecule has 0 bridgehead atoms. The highest BCUT2D eigenvalue weighted by Gasteiger charge is 2.45. The quantitative estimate of drug-likeness (QED) is 0.286. The van der Waals surface area contributed by atoms with Crippen LogP contribution in [-0.4, -0.2) is 6.11 Å². The summed E-state index contributed by atoms with van der Waals surface area (Å²) in [6.07, 6.45) is 1.30. The molecule has 0 amide bonds. The van der Waals surface area contributed by atoms with E-state index in [1.807, 2.05) is 97.1 Å². The smallest absolute Gasteiger partial charge is 0.423 e. The molecule has 1 unspecified atom stereocenters. The Bertz CT molecular complexity index is 1300. The monoisotopic (exact) mass is 438 g/mol. The van der Waals surface area contributed by atoms with Gasteiger partial charge in [0.05, 0.1) is 0 Å². The van der Waals surface area contributed by atoms with Gasteiger partial charge in [-0.2, -0.15) is 8.78 Å². The molecule has 164 valence electrons. The van der Waals surface area contributed by atoms with Gasteiger partial charge in [0.1, 0.15) is 5.76 Å². The van der Waals surface area contributed by atoms with Crippen LogP contribution in [0.1, 0.15) is 29.0 Å². The Hall–Kier alpha value is -3.72. The molecule has 0 saturated heterocycles. The van der Waals surface area contributed by atoms with Crippen molar-refractivity contribution in [2.24, 2.45) is 0 Å². The predicted octanol–water partition coefficient (Wildman–Crippen LogP) is 8.15. The summed E-state index contributed by atoms with van der Waals surface area (Å²) in [5.74, 6) is -0.385. The number of halogens is 2. The zero-order chi connectivity index (χ0) is 22.7. The van der Waals surface area contributed by atoms with Gasteiger partial charge in [-0.1, -0.05) is 109 Å². The van der Waals surface area contributed by atoms with Crippen molar-refractivity contribution >= 4 is 16.5 Å². The van der Waals surface area contributed by atoms with Crippen molar-refractivity contribution in [3.05, 3.63) is 138 Å². The van der Waals surface area contributed by atoms with E-state index in [2.05, 4.69) is 0 Å². The molecule has 1 atom stereocenters. The van der Waals surface area contributed by atoms with Gasteiger partial charge in [-0.25, -0.2) is 0 Å². The molecule has 4 aromatic carbocycles. The normalized spacial score (nSPS) is 18.7. The molecule has 1 nitrogen and oxygen atoms in total. The molecule has 1 aliphatic rings. The minimum atomic E-state index is -3.40. The van der Waals surface area contributed by atoms with Crippen molar-refractivity contribution < 1.29 is 13.5 Å². The third kappa shape index (κ3) is 4.45. The highest BCUT2D eigenvalue weighted by molar-refractivity contribution is 5.87. The Labute approximate surface area is 192 Å². The fourth-order valence-electron chi connectivity index (χ4n) is 4.47. The SMILES string of the molecule is FC1(F)OC(c2ccccc2)=CC(c2cccc3ccccc23)/C1=C\CCc1ccccc1. The maximum Gasteiger partial charge on any atom is 0.423 e. The average molecular weight is 439 g/mol. The molecule has 4 aromatic rings. The van der Waals surface area contributed by atoms with Crippen molar-refractivity contribution in [3.8, 4) is 0 Å². The standard InChI is InChI=1S/C30H24F2O/c31-30(32)28(20-9-13-22-11-3-1-4-12-22)27(21-29(33-30)24-15-5-2-6-16-24)26-19-10-17-23-14-7-8-18-25(23)26/h1-8,10-12,14-21,27H,9,13H2/b28-20+. The fraction of sp³-hybridized carbons (Fsp3) is 0.133. The van der Waals surface area contributed by atoms with Crippen molar-refractivity contribution in [3.63, 3.8) is 0 Å². The predicted molar refractivity (Wildman–Crippen MR) is 130 cm³/mol. The van der Waals surface area contributed by atoms with E-state index in [1.165, 1.54) is 0 Å². The second kappa shape index (κ2) is 9.03. The lowest BCUT2D eigenvalue weighted by Crippen LogP contribution is -2.30. The topological polar surface area (TPSA) is 9.23 Å². The first-order valence-electron chi connectivity index (χ1n) is 11.2. The van der Waals surface area contributed by atoms with Crippen LogP contribution in [0.2, 0.25) is 0 Å². The first-order valence-corrected chi connectivity index (χ1v) is 11.2. The Balaban J connectivity index is 1.61. The van der Waals surface area contributed by atoms with Crippen LogP contribution < -0.4 is 0 Å². The van der Waals surface area contributed by atoms with E-state index in [4.69, 9.17) is 4.74 Å². The van der Waals surface area contributed by atoms with Crippen LogP contribution in [0.3, 0.4) is 0 Å². The molecule has 1 heterocycles. The second-order valence-electron chi connectivity index (χ2n) is 8.25. The average Bonchev–Trinajstić information content (AvgIpc) is 2.85. The molecule has 5 rings (SSSR count). The summed E-state index contributed by atoms with van der Waals surface area (Å²) in [6, 6.07) is 32.8. The first-order chi connectivity index (χ1) is 16.1. The molecule has 1 aliphatic heterocycles. The van der Waals surface area contributed by atoms with Gasteiger partial charge in [0.2, 0.25) is 0 Å². The highest BCUT2D eigenvalue weighted by Crippen LogP contribution is 2.47. The Morgan fingerprint density at radius 3 is 2.21 bits per heavy atom. The summed E-state index contributed by atoms with van der Waals surface area (Å²) in [6.45, 7) is 0. The molecule has 3 heteroatoms. The number of hydrogen-bond acceptors (Lipinski definition) is 1. The van der Waals surface area contributed by atoms with Crippen LogP contribution in [0, 0.1) is 0 Å². The minimum absolute atomic E-state index is 0.00512. The number of fused-ring (bicyclic) bond motifs is 1. The molecule has 0 aromatic heterocycles. The van der Waals surface area contributed by atoms with Crippen LogP contribution in [0.15, 0.2) is 121 Å². The zero-order valence-corrected chi connectivity index (χ0v) is 18.1. The molecule has 33 heavy (non-hydrogen) atoms. The van der Waals surface area contributed by atoms with Gasteiger partial charge in [0.15, 0.2) is 0 Å². The van der Waals surface area contributed by atoms with Crippen LogP contribution in [-0.2, 0) is 11.2 Å². The van der Waals surface area contributed by atoms with Crippen LogP contribution in [0.4, 0.5) is 8.78 Å². The van der Waals surface area contributed by atoms with E-state index in [1.54, 1.807) is 18.2 Å². The Morgan fingerprint density at radius 2 is 1.42 bits per heavy atom. The number of alkyl halides is 2. The minimum Gasteiger partial charge on any atom is -0.429 e. The largest absolute Gasteiger partial charge is 0.429 e. The number of allylic oxidation sites excluding steroid dienone is 2. The van der Waals surface area contributed by atoms with Crippen molar-refractivity contribution in [2.45, 2.75) is 24.9 Å². The molecule has 0 saturated carbocycles. The third-order valence-corrected chi connectivity index (χ3v) is 6.08. The number of benzene rings is 4. The van der Waals surface area contributed by atoms with E-state index in [9.17, 15) is 0 Å². The Morgan fingerprint density at radius 1 is 0.758 bits per heavy atom. The van der Waals surface area contributed by atoms with E-state index >= 15 is 8.78 Å². The maximum atomic E-state index is 15.5. The van der Waals surface area contributed by atoms with Crippen molar-refractivity contribution in [2.75, 3.05) is 0 Å². The maximum absolute atomic E-state index is 15.5. The van der Waals surface area contributed by atoms with Gasteiger partial charge >= 0.3 is 6.11 Å². The molecule has 0 fully saturated rings. The first kappa shape index (κ1) is 21.1. The lowest BCUT2D eigenvalue weighted by molar-refractivity contribution is -0.168. The number of ether oxygens (including phenoxy) is 1. The van der Waals surface area contributed by atoms with Gasteiger partial charge in [0, 0.05) is 17.1 Å². The zero-order valence-electron chi connectivity index (χ0n) is 18.1. The Kier molecular flexibility index (Phi) is 5.78. The van der Waals surface area contributed by atoms with Crippen molar-refractivity contribution in [1.29, 1.82) is 0 Å². The van der Waals surface area contributed by atoms with E-state index in [0.717, 1.165) is 21.9 Å². The van der Waals surface area contributed by atoms with E-state index < -0.39 is 12.0 Å². The molecule has 0 radical (unpaired) electrons. The van der Waals surface area contributed by atoms with E-state index in [0.29, 0.717) is 18.4 Å². The third-order valence-electron chi connectivity index (χ3n) is 6.08. The molecular weight excluding hydrogens is 414 g/mol. The van der Waals surface area contributed by atoms with Crippen LogP contribution >= 0.6 is 0 Å². The fourth-order valence-corrected chi connectivity index (χ4v) is 4.47. The lowest BCUT2D eigenvalue weighted by Gasteiger charge is -2.33. The summed E-state index contributed by atoms with van der Waals surface area (Å²) in [5, 5.41) is 2.00. The summed E-state index contributed by atoms with van der Waals surface area (Å²) in [7, 11) is 0. The summed E-state index contributed by atoms with van der Waals surface area (Å²) >= 11 is 0. The highest BCUT2D eigenvalue weighted by atomic mass is 19.3. The number of aryl methyl sites for hydroxylation is 1. The summed E-state index contributed by atoms with van der Waals surface area (Å²) in [5.41, 5.74) is 2.62. The summed E-state index contributed by atoms with van der Waals surface area (Å²) in [4.78, 5) is 0.